The van der Waals surface area contributed by atoms with Crippen LogP contribution in [0, 0.1) is 0 Å². The second-order valence-corrected chi connectivity index (χ2v) is 5.77. The number of methoxy groups -OCH3 is 1. The summed E-state index contributed by atoms with van der Waals surface area (Å²) in [5.41, 5.74) is 1.03. The van der Waals surface area contributed by atoms with E-state index in [0.29, 0.717) is 12.8 Å². The van der Waals surface area contributed by atoms with Crippen LogP contribution in [0.25, 0.3) is 0 Å². The molecule has 1 saturated heterocycles. The van der Waals surface area contributed by atoms with Crippen molar-refractivity contribution in [2.45, 2.75) is 38.3 Å². The molecule has 108 valence electrons. The summed E-state index contributed by atoms with van der Waals surface area (Å²) in [6.45, 7) is 2.02. The third kappa shape index (κ3) is 2.87. The Labute approximate surface area is 127 Å². The summed E-state index contributed by atoms with van der Waals surface area (Å²) < 4.78 is 5.79. The van der Waals surface area contributed by atoms with E-state index in [0.717, 1.165) is 16.5 Å². The van der Waals surface area contributed by atoms with Gasteiger partial charge in [-0.15, -0.1) is 0 Å². The van der Waals surface area contributed by atoms with Gasteiger partial charge in [0.2, 0.25) is 5.91 Å². The first kappa shape index (κ1) is 15.0. The molecule has 1 fully saturated rings. The molecular formula is C15H18BrNO3. The molecule has 1 aromatic carbocycles. The lowest BCUT2D eigenvalue weighted by molar-refractivity contribution is -0.151. The van der Waals surface area contributed by atoms with Crippen LogP contribution < -0.4 is 0 Å². The van der Waals surface area contributed by atoms with Gasteiger partial charge in [-0.25, -0.2) is 4.79 Å². The Morgan fingerprint density at radius 2 is 2.30 bits per heavy atom. The van der Waals surface area contributed by atoms with E-state index >= 15 is 0 Å². The van der Waals surface area contributed by atoms with E-state index in [-0.39, 0.29) is 17.9 Å². The predicted octanol–water partition coefficient (Wildman–Crippen LogP) is 3.06. The fraction of sp³-hybridized carbons (Fsp3) is 0.467. The first-order chi connectivity index (χ1) is 9.58. The van der Waals surface area contributed by atoms with Crippen LogP contribution in [0.2, 0.25) is 0 Å². The standard InChI is InChI=1S/C15H18BrNO3/c1-3-12(10-5-4-6-11(16)9-10)17-13(15(19)20-2)7-8-14(17)18/h4-6,9,12-13H,3,7-8H2,1-2H3. The van der Waals surface area contributed by atoms with Crippen molar-refractivity contribution in [2.75, 3.05) is 7.11 Å². The molecule has 1 aliphatic rings. The quantitative estimate of drug-likeness (QED) is 0.792. The lowest BCUT2D eigenvalue weighted by atomic mass is 10.0. The Bertz CT molecular complexity index is 518. The van der Waals surface area contributed by atoms with E-state index in [1.54, 1.807) is 4.90 Å². The minimum atomic E-state index is -0.462. The highest BCUT2D eigenvalue weighted by Gasteiger charge is 2.40. The number of esters is 1. The van der Waals surface area contributed by atoms with Crippen molar-refractivity contribution in [2.24, 2.45) is 0 Å². The smallest absolute Gasteiger partial charge is 0.328 e. The van der Waals surface area contributed by atoms with Gasteiger partial charge in [0.05, 0.1) is 13.2 Å². The van der Waals surface area contributed by atoms with Crippen molar-refractivity contribution in [1.29, 1.82) is 0 Å². The topological polar surface area (TPSA) is 46.6 Å². The SMILES string of the molecule is CCC(c1cccc(Br)c1)N1C(=O)CCC1C(=O)OC. The molecule has 2 atom stereocenters. The van der Waals surface area contributed by atoms with Crippen molar-refractivity contribution in [3.63, 3.8) is 0 Å². The zero-order valence-electron chi connectivity index (χ0n) is 11.6. The van der Waals surface area contributed by atoms with Crippen molar-refractivity contribution in [3.05, 3.63) is 34.3 Å². The van der Waals surface area contributed by atoms with Crippen LogP contribution in [0.5, 0.6) is 0 Å². The summed E-state index contributed by atoms with van der Waals surface area (Å²) in [5, 5.41) is 0. The van der Waals surface area contributed by atoms with Gasteiger partial charge in [0.25, 0.3) is 0 Å². The molecular weight excluding hydrogens is 322 g/mol. The zero-order valence-corrected chi connectivity index (χ0v) is 13.2. The summed E-state index contributed by atoms with van der Waals surface area (Å²) in [6, 6.07) is 7.31. The second-order valence-electron chi connectivity index (χ2n) is 4.86. The van der Waals surface area contributed by atoms with Crippen LogP contribution >= 0.6 is 15.9 Å². The van der Waals surface area contributed by atoms with Crippen LogP contribution in [-0.4, -0.2) is 29.9 Å². The van der Waals surface area contributed by atoms with Gasteiger partial charge in [0, 0.05) is 10.9 Å². The number of nitrogens with zero attached hydrogens (tertiary/aromatic N) is 1. The average molecular weight is 340 g/mol. The highest BCUT2D eigenvalue weighted by Crippen LogP contribution is 2.34. The number of likely N-dealkylation sites (tertiary alicyclic amines) is 1. The summed E-state index contributed by atoms with van der Waals surface area (Å²) in [5.74, 6) is -0.309. The molecule has 0 N–H and O–H groups in total. The molecule has 0 bridgehead atoms. The lowest BCUT2D eigenvalue weighted by Crippen LogP contribution is -2.41. The summed E-state index contributed by atoms with van der Waals surface area (Å²) in [7, 11) is 1.36. The van der Waals surface area contributed by atoms with Crippen molar-refractivity contribution in [3.8, 4) is 0 Å². The third-order valence-electron chi connectivity index (χ3n) is 3.68. The minimum absolute atomic E-state index is 0.0206. The van der Waals surface area contributed by atoms with Crippen LogP contribution in [0.1, 0.15) is 37.8 Å². The highest BCUT2D eigenvalue weighted by molar-refractivity contribution is 9.10. The van der Waals surface area contributed by atoms with Gasteiger partial charge >= 0.3 is 5.97 Å². The molecule has 20 heavy (non-hydrogen) atoms. The van der Waals surface area contributed by atoms with Gasteiger partial charge in [0.15, 0.2) is 0 Å². The molecule has 2 unspecified atom stereocenters. The van der Waals surface area contributed by atoms with Crippen LogP contribution in [-0.2, 0) is 14.3 Å². The van der Waals surface area contributed by atoms with E-state index in [1.165, 1.54) is 7.11 Å². The van der Waals surface area contributed by atoms with E-state index in [9.17, 15) is 9.59 Å². The molecule has 0 aliphatic carbocycles. The molecule has 5 heteroatoms. The Hall–Kier alpha value is -1.36. The highest BCUT2D eigenvalue weighted by atomic mass is 79.9. The summed E-state index contributed by atoms with van der Waals surface area (Å²) >= 11 is 3.45. The molecule has 4 nitrogen and oxygen atoms in total. The van der Waals surface area contributed by atoms with E-state index in [1.807, 2.05) is 31.2 Å². The maximum Gasteiger partial charge on any atom is 0.328 e. The number of carbonyl (C=O) groups is 2. The van der Waals surface area contributed by atoms with Crippen molar-refractivity contribution in [1.82, 2.24) is 4.90 Å². The molecule has 1 amide bonds. The number of benzene rings is 1. The molecule has 0 saturated carbocycles. The molecule has 1 heterocycles. The fourth-order valence-corrected chi connectivity index (χ4v) is 3.18. The van der Waals surface area contributed by atoms with Crippen molar-refractivity contribution >= 4 is 27.8 Å². The minimum Gasteiger partial charge on any atom is -0.467 e. The van der Waals surface area contributed by atoms with Crippen LogP contribution in [0.3, 0.4) is 0 Å². The Kier molecular flexibility index (Phi) is 4.81. The maximum atomic E-state index is 12.2. The van der Waals surface area contributed by atoms with E-state index < -0.39 is 6.04 Å². The molecule has 2 rings (SSSR count). The number of halogens is 1. The molecule has 1 aliphatic heterocycles. The van der Waals surface area contributed by atoms with Crippen molar-refractivity contribution < 1.29 is 14.3 Å². The second kappa shape index (κ2) is 6.39. The van der Waals surface area contributed by atoms with Gasteiger partial charge in [-0.05, 0) is 30.5 Å². The molecule has 0 aromatic heterocycles. The monoisotopic (exact) mass is 339 g/mol. The lowest BCUT2D eigenvalue weighted by Gasteiger charge is -2.31. The van der Waals surface area contributed by atoms with E-state index in [4.69, 9.17) is 4.74 Å². The molecule has 0 radical (unpaired) electrons. The average Bonchev–Trinajstić information content (AvgIpc) is 2.81. The van der Waals surface area contributed by atoms with Gasteiger partial charge in [-0.3, -0.25) is 4.79 Å². The molecule has 0 spiro atoms. The number of hydrogen-bond donors (Lipinski definition) is 0. The predicted molar refractivity (Wildman–Crippen MR) is 79.1 cm³/mol. The number of rotatable bonds is 4. The number of ether oxygens (including phenoxy) is 1. The van der Waals surface area contributed by atoms with Gasteiger partial charge < -0.3 is 9.64 Å². The Balaban J connectivity index is 2.33. The molecule has 1 aromatic rings. The van der Waals surface area contributed by atoms with E-state index in [2.05, 4.69) is 15.9 Å². The Morgan fingerprint density at radius 3 is 2.90 bits per heavy atom. The van der Waals surface area contributed by atoms with Gasteiger partial charge in [-0.2, -0.15) is 0 Å². The summed E-state index contributed by atoms with van der Waals surface area (Å²) in [6.07, 6.45) is 1.70. The first-order valence-corrected chi connectivity index (χ1v) is 7.52. The number of amides is 1. The first-order valence-electron chi connectivity index (χ1n) is 6.73. The largest absolute Gasteiger partial charge is 0.467 e. The fourth-order valence-electron chi connectivity index (χ4n) is 2.77. The third-order valence-corrected chi connectivity index (χ3v) is 4.18. The normalized spacial score (nSPS) is 20.1. The number of hydrogen-bond acceptors (Lipinski definition) is 3. The Morgan fingerprint density at radius 1 is 1.55 bits per heavy atom. The maximum absolute atomic E-state index is 12.2. The number of carbonyl (C=O) groups excluding carboxylic acids is 2. The summed E-state index contributed by atoms with van der Waals surface area (Å²) in [4.78, 5) is 25.7. The van der Waals surface area contributed by atoms with Crippen LogP contribution in [0.15, 0.2) is 28.7 Å². The zero-order chi connectivity index (χ0) is 14.7. The van der Waals surface area contributed by atoms with Crippen LogP contribution in [0.4, 0.5) is 0 Å². The van der Waals surface area contributed by atoms with Gasteiger partial charge in [0.1, 0.15) is 6.04 Å². The van der Waals surface area contributed by atoms with Gasteiger partial charge in [-0.1, -0.05) is 35.0 Å².